The van der Waals surface area contributed by atoms with Gasteiger partial charge < -0.3 is 5.11 Å². The van der Waals surface area contributed by atoms with Crippen molar-refractivity contribution in [3.05, 3.63) is 35.1 Å². The van der Waals surface area contributed by atoms with Crippen molar-refractivity contribution in [1.82, 2.24) is 0 Å². The predicted octanol–water partition coefficient (Wildman–Crippen LogP) is 2.91. The Balaban J connectivity index is 2.36. The third-order valence-corrected chi connectivity index (χ3v) is 2.72. The van der Waals surface area contributed by atoms with Crippen molar-refractivity contribution >= 4 is 0 Å². The zero-order chi connectivity index (χ0) is 12.0. The molecule has 0 unspecified atom stereocenters. The number of benzene rings is 1. The molecule has 0 saturated heterocycles. The summed E-state index contributed by atoms with van der Waals surface area (Å²) in [5.74, 6) is -0.716. The van der Waals surface area contributed by atoms with Gasteiger partial charge in [0.1, 0.15) is 5.82 Å². The molecule has 1 aromatic rings. The first kappa shape index (κ1) is 11.4. The number of hydrogen-bond donors (Lipinski definition) is 1. The molecule has 0 atom stereocenters. The quantitative estimate of drug-likeness (QED) is 0.780. The van der Waals surface area contributed by atoms with E-state index in [1.54, 1.807) is 0 Å². The molecule has 88 valence electrons. The number of aliphatic hydroxyl groups is 1. The minimum absolute atomic E-state index is 0.139. The molecule has 1 aromatic carbocycles. The molecule has 0 heterocycles. The maximum Gasteiger partial charge on any atom is 0.416 e. The van der Waals surface area contributed by atoms with Crippen LogP contribution in [0.2, 0.25) is 0 Å². The monoisotopic (exact) mass is 234 g/mol. The van der Waals surface area contributed by atoms with E-state index in [1.165, 1.54) is 0 Å². The lowest BCUT2D eigenvalue weighted by molar-refractivity contribution is -0.138. The fourth-order valence-corrected chi connectivity index (χ4v) is 1.66. The Kier molecular flexibility index (Phi) is 2.45. The highest BCUT2D eigenvalue weighted by atomic mass is 19.4. The summed E-state index contributed by atoms with van der Waals surface area (Å²) < 4.78 is 50.6. The molecule has 16 heavy (non-hydrogen) atoms. The van der Waals surface area contributed by atoms with E-state index in [1.807, 2.05) is 0 Å². The third kappa shape index (κ3) is 2.35. The van der Waals surface area contributed by atoms with E-state index >= 15 is 0 Å². The number of halogens is 4. The van der Waals surface area contributed by atoms with Gasteiger partial charge in [0.25, 0.3) is 0 Å². The molecule has 0 radical (unpaired) electrons. The first-order valence-corrected chi connectivity index (χ1v) is 4.88. The lowest BCUT2D eigenvalue weighted by atomic mass is 10.00. The summed E-state index contributed by atoms with van der Waals surface area (Å²) in [6.07, 6.45) is -3.70. The van der Waals surface area contributed by atoms with E-state index in [4.69, 9.17) is 0 Å². The lowest BCUT2D eigenvalue weighted by Gasteiger charge is -2.15. The molecule has 1 aliphatic carbocycles. The molecular formula is C11H10F4O. The molecule has 1 saturated carbocycles. The SMILES string of the molecule is OC1(Cc2cc(F)ccc2C(F)(F)F)CC1. The van der Waals surface area contributed by atoms with Crippen LogP contribution in [-0.2, 0) is 12.6 Å². The number of alkyl halides is 3. The molecule has 0 aliphatic heterocycles. The van der Waals surface area contributed by atoms with Crippen molar-refractivity contribution in [2.75, 3.05) is 0 Å². The van der Waals surface area contributed by atoms with Gasteiger partial charge in [-0.25, -0.2) is 4.39 Å². The number of hydrogen-bond acceptors (Lipinski definition) is 1. The molecule has 0 amide bonds. The molecule has 0 aromatic heterocycles. The highest BCUT2D eigenvalue weighted by Gasteiger charge is 2.43. The molecule has 1 N–H and O–H groups in total. The Morgan fingerprint density at radius 2 is 1.88 bits per heavy atom. The van der Waals surface area contributed by atoms with Crippen LogP contribution in [-0.4, -0.2) is 10.7 Å². The molecule has 0 bridgehead atoms. The van der Waals surface area contributed by atoms with Gasteiger partial charge in [-0.05, 0) is 36.6 Å². The normalized spacial score (nSPS) is 18.6. The number of rotatable bonds is 2. The standard InChI is InChI=1S/C11H10F4O/c12-8-1-2-9(11(13,14)15)7(5-8)6-10(16)3-4-10/h1-2,5,16H,3-4,6H2. The van der Waals surface area contributed by atoms with Crippen LogP contribution in [0.5, 0.6) is 0 Å². The van der Waals surface area contributed by atoms with Gasteiger partial charge in [0.15, 0.2) is 0 Å². The van der Waals surface area contributed by atoms with E-state index in [-0.39, 0.29) is 12.0 Å². The van der Waals surface area contributed by atoms with Crippen molar-refractivity contribution in [3.63, 3.8) is 0 Å². The van der Waals surface area contributed by atoms with E-state index in [9.17, 15) is 22.7 Å². The van der Waals surface area contributed by atoms with Crippen molar-refractivity contribution in [2.45, 2.75) is 31.0 Å². The van der Waals surface area contributed by atoms with E-state index < -0.39 is 23.2 Å². The summed E-state index contributed by atoms with van der Waals surface area (Å²) in [5.41, 5.74) is -2.10. The Labute approximate surface area is 89.7 Å². The van der Waals surface area contributed by atoms with E-state index in [2.05, 4.69) is 0 Å². The van der Waals surface area contributed by atoms with Gasteiger partial charge in [-0.3, -0.25) is 0 Å². The fourth-order valence-electron chi connectivity index (χ4n) is 1.66. The van der Waals surface area contributed by atoms with Gasteiger partial charge in [0, 0.05) is 6.42 Å². The van der Waals surface area contributed by atoms with Crippen molar-refractivity contribution in [1.29, 1.82) is 0 Å². The molecule has 0 spiro atoms. The molecular weight excluding hydrogens is 224 g/mol. The van der Waals surface area contributed by atoms with Crippen LogP contribution in [0, 0.1) is 5.82 Å². The second-order valence-electron chi connectivity index (χ2n) is 4.20. The first-order valence-electron chi connectivity index (χ1n) is 4.88. The summed E-state index contributed by atoms with van der Waals surface area (Å²) in [6.45, 7) is 0. The molecule has 1 nitrogen and oxygen atoms in total. The fraction of sp³-hybridized carbons (Fsp3) is 0.455. The maximum atomic E-state index is 12.9. The average molecular weight is 234 g/mol. The first-order chi connectivity index (χ1) is 7.30. The van der Waals surface area contributed by atoms with Crippen LogP contribution in [0.3, 0.4) is 0 Å². The topological polar surface area (TPSA) is 20.2 Å². The summed E-state index contributed by atoms with van der Waals surface area (Å²) >= 11 is 0. The predicted molar refractivity (Wildman–Crippen MR) is 49.3 cm³/mol. The van der Waals surface area contributed by atoms with Crippen LogP contribution in [0.4, 0.5) is 17.6 Å². The van der Waals surface area contributed by atoms with Gasteiger partial charge in [-0.15, -0.1) is 0 Å². The highest BCUT2D eigenvalue weighted by Crippen LogP contribution is 2.41. The second kappa shape index (κ2) is 3.45. The van der Waals surface area contributed by atoms with E-state index in [0.717, 1.165) is 18.2 Å². The van der Waals surface area contributed by atoms with Crippen LogP contribution in [0.1, 0.15) is 24.0 Å². The molecule has 1 aliphatic rings. The zero-order valence-electron chi connectivity index (χ0n) is 8.31. The highest BCUT2D eigenvalue weighted by molar-refractivity contribution is 5.32. The van der Waals surface area contributed by atoms with Crippen LogP contribution in [0.25, 0.3) is 0 Å². The van der Waals surface area contributed by atoms with Crippen molar-refractivity contribution in [3.8, 4) is 0 Å². The van der Waals surface area contributed by atoms with Crippen molar-refractivity contribution < 1.29 is 22.7 Å². The molecule has 1 fully saturated rings. The summed E-state index contributed by atoms with van der Waals surface area (Å²) in [7, 11) is 0. The Hall–Kier alpha value is -1.10. The van der Waals surface area contributed by atoms with Gasteiger partial charge in [-0.1, -0.05) is 0 Å². The summed E-state index contributed by atoms with van der Waals surface area (Å²) in [6, 6.07) is 2.35. The van der Waals surface area contributed by atoms with E-state index in [0.29, 0.717) is 12.8 Å². The Bertz CT molecular complexity index is 407. The van der Waals surface area contributed by atoms with Gasteiger partial charge >= 0.3 is 6.18 Å². The Morgan fingerprint density at radius 1 is 1.25 bits per heavy atom. The smallest absolute Gasteiger partial charge is 0.390 e. The van der Waals surface area contributed by atoms with Gasteiger partial charge in [-0.2, -0.15) is 13.2 Å². The minimum atomic E-state index is -4.51. The second-order valence-corrected chi connectivity index (χ2v) is 4.20. The average Bonchev–Trinajstić information content (AvgIpc) is 2.80. The summed E-state index contributed by atoms with van der Waals surface area (Å²) in [5, 5.41) is 9.57. The zero-order valence-corrected chi connectivity index (χ0v) is 8.31. The molecule has 5 heteroatoms. The van der Waals surface area contributed by atoms with Gasteiger partial charge in [0.05, 0.1) is 11.2 Å². The largest absolute Gasteiger partial charge is 0.416 e. The Morgan fingerprint density at radius 3 is 2.38 bits per heavy atom. The summed E-state index contributed by atoms with van der Waals surface area (Å²) in [4.78, 5) is 0. The molecule has 2 rings (SSSR count). The van der Waals surface area contributed by atoms with Gasteiger partial charge in [0.2, 0.25) is 0 Å². The van der Waals surface area contributed by atoms with Crippen LogP contribution in [0.15, 0.2) is 18.2 Å². The maximum absolute atomic E-state index is 12.9. The third-order valence-electron chi connectivity index (χ3n) is 2.72. The van der Waals surface area contributed by atoms with Crippen LogP contribution < -0.4 is 0 Å². The minimum Gasteiger partial charge on any atom is -0.390 e. The lowest BCUT2D eigenvalue weighted by Crippen LogP contribution is -2.16. The van der Waals surface area contributed by atoms with Crippen LogP contribution >= 0.6 is 0 Å². The van der Waals surface area contributed by atoms with Crippen molar-refractivity contribution in [2.24, 2.45) is 0 Å².